The highest BCUT2D eigenvalue weighted by Gasteiger charge is 2.31. The first-order valence-corrected chi connectivity index (χ1v) is 7.06. The summed E-state index contributed by atoms with van der Waals surface area (Å²) in [5, 5.41) is 13.5. The predicted molar refractivity (Wildman–Crippen MR) is 81.2 cm³/mol. The number of nitrogens with zero attached hydrogens (tertiary/aromatic N) is 1. The smallest absolute Gasteiger partial charge is 0.0672 e. The fraction of sp³-hybridized carbons (Fsp3) is 0.625. The van der Waals surface area contributed by atoms with Gasteiger partial charge < -0.3 is 15.3 Å². The Balaban J connectivity index is 2.88. The molecule has 1 rings (SSSR count). The molecule has 0 radical (unpaired) electrons. The largest absolute Gasteiger partial charge is 0.394 e. The lowest BCUT2D eigenvalue weighted by atomic mass is 9.83. The Morgan fingerprint density at radius 2 is 1.84 bits per heavy atom. The summed E-state index contributed by atoms with van der Waals surface area (Å²) in [6, 6.07) is 10.3. The van der Waals surface area contributed by atoms with Crippen LogP contribution < -0.4 is 5.32 Å². The molecule has 1 aromatic rings. The minimum atomic E-state index is -0.328. The lowest BCUT2D eigenvalue weighted by Gasteiger charge is -2.36. The monoisotopic (exact) mass is 264 g/mol. The van der Waals surface area contributed by atoms with Gasteiger partial charge in [-0.3, -0.25) is 0 Å². The molecule has 0 amide bonds. The fourth-order valence-corrected chi connectivity index (χ4v) is 2.48. The molecule has 0 bridgehead atoms. The van der Waals surface area contributed by atoms with Crippen LogP contribution in [0.2, 0.25) is 0 Å². The van der Waals surface area contributed by atoms with Crippen molar-refractivity contribution in [1.82, 2.24) is 10.2 Å². The Bertz CT molecular complexity index is 351. The second-order valence-electron chi connectivity index (χ2n) is 5.93. The molecule has 108 valence electrons. The van der Waals surface area contributed by atoms with E-state index in [1.54, 1.807) is 0 Å². The highest BCUT2D eigenvalue weighted by molar-refractivity contribution is 5.25. The van der Waals surface area contributed by atoms with Crippen molar-refractivity contribution in [3.8, 4) is 0 Å². The number of likely N-dealkylation sites (N-methyl/N-ethyl adjacent to an activating group) is 1. The van der Waals surface area contributed by atoms with Crippen LogP contribution in [0.25, 0.3) is 0 Å². The molecular weight excluding hydrogens is 236 g/mol. The molecular formula is C16H28N2O. The molecule has 0 aliphatic carbocycles. The molecule has 1 aromatic carbocycles. The Kier molecular flexibility index (Phi) is 6.49. The average molecular weight is 264 g/mol. The third kappa shape index (κ3) is 4.94. The van der Waals surface area contributed by atoms with Crippen LogP contribution in [0.3, 0.4) is 0 Å². The Hall–Kier alpha value is -0.900. The maximum Gasteiger partial charge on any atom is 0.0672 e. The standard InChI is InChI=1S/C16H28N2O/c1-14(2)12-16(13-19,17-10-11-18(3)4)15-8-6-5-7-9-15/h5-9,14,17,19H,10-13H2,1-4H3. The van der Waals surface area contributed by atoms with Gasteiger partial charge in [0.05, 0.1) is 12.1 Å². The first-order chi connectivity index (χ1) is 9.00. The third-order valence-corrected chi connectivity index (χ3v) is 3.38. The maximum absolute atomic E-state index is 9.97. The molecule has 3 heteroatoms. The summed E-state index contributed by atoms with van der Waals surface area (Å²) in [7, 11) is 4.13. The summed E-state index contributed by atoms with van der Waals surface area (Å²) in [5.74, 6) is 0.527. The minimum absolute atomic E-state index is 0.128. The van der Waals surface area contributed by atoms with Crippen LogP contribution >= 0.6 is 0 Å². The van der Waals surface area contributed by atoms with Gasteiger partial charge in [-0.15, -0.1) is 0 Å². The molecule has 19 heavy (non-hydrogen) atoms. The van der Waals surface area contributed by atoms with E-state index in [9.17, 15) is 5.11 Å². The quantitative estimate of drug-likeness (QED) is 0.754. The van der Waals surface area contributed by atoms with Gasteiger partial charge >= 0.3 is 0 Å². The van der Waals surface area contributed by atoms with E-state index < -0.39 is 0 Å². The summed E-state index contributed by atoms with van der Waals surface area (Å²) in [6.45, 7) is 6.35. The van der Waals surface area contributed by atoms with Crippen molar-refractivity contribution in [1.29, 1.82) is 0 Å². The maximum atomic E-state index is 9.97. The number of benzene rings is 1. The zero-order valence-corrected chi connectivity index (χ0v) is 12.7. The van der Waals surface area contributed by atoms with Gasteiger partial charge in [0.2, 0.25) is 0 Å². The number of nitrogens with one attached hydrogen (secondary N) is 1. The van der Waals surface area contributed by atoms with Gasteiger partial charge in [0.15, 0.2) is 0 Å². The average Bonchev–Trinajstić information content (AvgIpc) is 2.37. The highest BCUT2D eigenvalue weighted by Crippen LogP contribution is 2.28. The summed E-state index contributed by atoms with van der Waals surface area (Å²) in [4.78, 5) is 2.15. The lowest BCUT2D eigenvalue weighted by molar-refractivity contribution is 0.134. The number of hydrogen-bond acceptors (Lipinski definition) is 3. The molecule has 1 unspecified atom stereocenters. The molecule has 0 aromatic heterocycles. The molecule has 3 nitrogen and oxygen atoms in total. The fourth-order valence-electron chi connectivity index (χ4n) is 2.48. The third-order valence-electron chi connectivity index (χ3n) is 3.38. The molecule has 0 saturated carbocycles. The zero-order valence-electron chi connectivity index (χ0n) is 12.7. The van der Waals surface area contributed by atoms with E-state index in [0.29, 0.717) is 5.92 Å². The molecule has 0 fully saturated rings. The SMILES string of the molecule is CC(C)CC(CO)(NCCN(C)C)c1ccccc1. The molecule has 0 spiro atoms. The van der Waals surface area contributed by atoms with Crippen LogP contribution in [0.5, 0.6) is 0 Å². The van der Waals surface area contributed by atoms with Crippen molar-refractivity contribution in [2.24, 2.45) is 5.92 Å². The number of rotatable bonds is 8. The summed E-state index contributed by atoms with van der Waals surface area (Å²) < 4.78 is 0. The van der Waals surface area contributed by atoms with Crippen molar-refractivity contribution < 1.29 is 5.11 Å². The molecule has 1 atom stereocenters. The lowest BCUT2D eigenvalue weighted by Crippen LogP contribution is -2.48. The van der Waals surface area contributed by atoms with E-state index in [2.05, 4.69) is 50.3 Å². The van der Waals surface area contributed by atoms with E-state index in [-0.39, 0.29) is 12.1 Å². The first-order valence-electron chi connectivity index (χ1n) is 7.06. The first kappa shape index (κ1) is 16.2. The number of aliphatic hydroxyl groups is 1. The van der Waals surface area contributed by atoms with Crippen molar-refractivity contribution in [2.45, 2.75) is 25.8 Å². The molecule has 2 N–H and O–H groups in total. The van der Waals surface area contributed by atoms with Crippen LogP contribution in [-0.2, 0) is 5.54 Å². The van der Waals surface area contributed by atoms with Gasteiger partial charge in [-0.05, 0) is 32.0 Å². The van der Waals surface area contributed by atoms with Crippen molar-refractivity contribution in [3.05, 3.63) is 35.9 Å². The molecule has 0 aliphatic rings. The van der Waals surface area contributed by atoms with Crippen LogP contribution in [-0.4, -0.2) is 43.8 Å². The van der Waals surface area contributed by atoms with Gasteiger partial charge in [-0.2, -0.15) is 0 Å². The Labute approximate surface area is 117 Å². The second-order valence-corrected chi connectivity index (χ2v) is 5.93. The molecule has 0 aliphatic heterocycles. The van der Waals surface area contributed by atoms with Crippen LogP contribution in [0.4, 0.5) is 0 Å². The Morgan fingerprint density at radius 3 is 2.32 bits per heavy atom. The predicted octanol–water partition coefficient (Wildman–Crippen LogP) is 2.07. The zero-order chi connectivity index (χ0) is 14.3. The van der Waals surface area contributed by atoms with Gasteiger partial charge in [0.25, 0.3) is 0 Å². The minimum Gasteiger partial charge on any atom is -0.394 e. The van der Waals surface area contributed by atoms with Gasteiger partial charge in [0.1, 0.15) is 0 Å². The van der Waals surface area contributed by atoms with E-state index in [1.807, 2.05) is 18.2 Å². The van der Waals surface area contributed by atoms with Gasteiger partial charge in [0, 0.05) is 13.1 Å². The van der Waals surface area contributed by atoms with Crippen LogP contribution in [0, 0.1) is 5.92 Å². The summed E-state index contributed by atoms with van der Waals surface area (Å²) in [6.07, 6.45) is 0.931. The van der Waals surface area contributed by atoms with E-state index in [1.165, 1.54) is 5.56 Å². The van der Waals surface area contributed by atoms with E-state index in [4.69, 9.17) is 0 Å². The van der Waals surface area contributed by atoms with E-state index in [0.717, 1.165) is 19.5 Å². The normalized spacial score (nSPS) is 14.9. The topological polar surface area (TPSA) is 35.5 Å². The second kappa shape index (κ2) is 7.63. The number of hydrogen-bond donors (Lipinski definition) is 2. The van der Waals surface area contributed by atoms with Crippen molar-refractivity contribution in [3.63, 3.8) is 0 Å². The van der Waals surface area contributed by atoms with Crippen LogP contribution in [0.15, 0.2) is 30.3 Å². The molecule has 0 saturated heterocycles. The summed E-state index contributed by atoms with van der Waals surface area (Å²) >= 11 is 0. The Morgan fingerprint density at radius 1 is 1.21 bits per heavy atom. The molecule has 0 heterocycles. The highest BCUT2D eigenvalue weighted by atomic mass is 16.3. The van der Waals surface area contributed by atoms with Crippen molar-refractivity contribution >= 4 is 0 Å². The van der Waals surface area contributed by atoms with E-state index >= 15 is 0 Å². The van der Waals surface area contributed by atoms with Gasteiger partial charge in [-0.1, -0.05) is 44.2 Å². The summed E-state index contributed by atoms with van der Waals surface area (Å²) in [5.41, 5.74) is 0.843. The van der Waals surface area contributed by atoms with Crippen molar-refractivity contribution in [2.75, 3.05) is 33.8 Å². The van der Waals surface area contributed by atoms with Crippen LogP contribution in [0.1, 0.15) is 25.8 Å². The van der Waals surface area contributed by atoms with Gasteiger partial charge in [-0.25, -0.2) is 0 Å². The number of aliphatic hydroxyl groups excluding tert-OH is 1.